The number of nitro groups is 1. The molecule has 0 aromatic heterocycles. The molecule has 0 radical (unpaired) electrons. The molecule has 0 bridgehead atoms. The quantitative estimate of drug-likeness (QED) is 0.268. The Hall–Kier alpha value is -3.58. The average molecular weight is 479 g/mol. The van der Waals surface area contributed by atoms with Crippen molar-refractivity contribution in [2.24, 2.45) is 0 Å². The number of methoxy groups -OCH3 is 1. The van der Waals surface area contributed by atoms with Crippen LogP contribution < -0.4 is 14.4 Å². The number of carbonyl (C=O) groups is 1. The molecule has 7 nitrogen and oxygen atoms in total. The summed E-state index contributed by atoms with van der Waals surface area (Å²) in [5, 5.41) is 11.2. The summed E-state index contributed by atoms with van der Waals surface area (Å²) < 4.78 is 11.6. The zero-order valence-electron chi connectivity index (χ0n) is 18.6. The number of nitro benzene ring substituents is 1. The third-order valence-corrected chi connectivity index (χ3v) is 6.76. The van der Waals surface area contributed by atoms with Gasteiger partial charge in [-0.3, -0.25) is 14.9 Å². The van der Waals surface area contributed by atoms with Crippen LogP contribution in [-0.2, 0) is 25.3 Å². The predicted octanol–water partition coefficient (Wildman–Crippen LogP) is 5.44. The summed E-state index contributed by atoms with van der Waals surface area (Å²) in [5.74, 6) is 1.08. The number of non-ortho nitro benzene ring substituents is 1. The highest BCUT2D eigenvalue weighted by molar-refractivity contribution is 6.17. The molecule has 34 heavy (non-hydrogen) atoms. The number of para-hydroxylation sites is 1. The summed E-state index contributed by atoms with van der Waals surface area (Å²) >= 11 is 5.90. The summed E-state index contributed by atoms with van der Waals surface area (Å²) in [6, 6.07) is 16.5. The van der Waals surface area contributed by atoms with Crippen molar-refractivity contribution in [3.8, 4) is 11.5 Å². The van der Waals surface area contributed by atoms with E-state index in [1.54, 1.807) is 12.1 Å². The molecule has 2 aliphatic rings. The maximum absolute atomic E-state index is 13.6. The number of aryl methyl sites for hydroxylation is 1. The molecular formula is C26H23ClN2O5. The highest BCUT2D eigenvalue weighted by Crippen LogP contribution is 2.40. The van der Waals surface area contributed by atoms with E-state index in [9.17, 15) is 14.9 Å². The van der Waals surface area contributed by atoms with Gasteiger partial charge < -0.3 is 14.4 Å². The van der Waals surface area contributed by atoms with Gasteiger partial charge in [0.1, 0.15) is 6.61 Å². The molecule has 0 saturated carbocycles. The zero-order valence-corrected chi connectivity index (χ0v) is 19.4. The summed E-state index contributed by atoms with van der Waals surface area (Å²) in [7, 11) is 1.53. The van der Waals surface area contributed by atoms with Crippen molar-refractivity contribution in [1.82, 2.24) is 0 Å². The van der Waals surface area contributed by atoms with E-state index in [1.807, 2.05) is 29.2 Å². The molecule has 0 aliphatic carbocycles. The predicted molar refractivity (Wildman–Crippen MR) is 129 cm³/mol. The van der Waals surface area contributed by atoms with Crippen LogP contribution in [0.5, 0.6) is 11.5 Å². The number of alkyl halides is 1. The van der Waals surface area contributed by atoms with Crippen molar-refractivity contribution in [3.63, 3.8) is 0 Å². The van der Waals surface area contributed by atoms with Crippen molar-refractivity contribution < 1.29 is 19.2 Å². The Kier molecular flexibility index (Phi) is 5.87. The molecule has 3 aromatic carbocycles. The first-order valence-corrected chi connectivity index (χ1v) is 11.6. The lowest BCUT2D eigenvalue weighted by Crippen LogP contribution is -2.36. The number of nitrogens with zero attached hydrogens (tertiary/aromatic N) is 2. The van der Waals surface area contributed by atoms with Crippen molar-refractivity contribution in [2.75, 3.05) is 12.0 Å². The van der Waals surface area contributed by atoms with E-state index < -0.39 is 4.92 Å². The maximum Gasteiger partial charge on any atom is 0.270 e. The number of carbonyl (C=O) groups excluding carboxylic acids is 1. The fourth-order valence-electron chi connectivity index (χ4n) is 4.87. The van der Waals surface area contributed by atoms with Crippen LogP contribution in [0.1, 0.15) is 39.0 Å². The second kappa shape index (κ2) is 8.99. The molecule has 3 aromatic rings. The Labute approximate surface area is 202 Å². The molecule has 174 valence electrons. The fraction of sp³-hybridized carbons (Fsp3) is 0.269. The number of ether oxygens (including phenoxy) is 2. The van der Waals surface area contributed by atoms with E-state index in [-0.39, 0.29) is 30.1 Å². The molecule has 1 atom stereocenters. The normalized spacial score (nSPS) is 16.4. The second-order valence-corrected chi connectivity index (χ2v) is 8.82. The SMILES string of the molecule is COc1cc2c(cc1OCc1cc(CCl)cc([N+](=O)[O-])c1)CC[C@@H]1Cc3ccccc3N1C2=O. The summed E-state index contributed by atoms with van der Waals surface area (Å²) in [4.78, 5) is 26.3. The van der Waals surface area contributed by atoms with Gasteiger partial charge in [-0.15, -0.1) is 11.6 Å². The lowest BCUT2D eigenvalue weighted by atomic mass is 9.99. The van der Waals surface area contributed by atoms with Crippen LogP contribution in [0.2, 0.25) is 0 Å². The molecule has 8 heteroatoms. The van der Waals surface area contributed by atoms with E-state index in [1.165, 1.54) is 24.8 Å². The molecule has 5 rings (SSSR count). The van der Waals surface area contributed by atoms with Crippen LogP contribution in [0.25, 0.3) is 0 Å². The molecule has 2 heterocycles. The van der Waals surface area contributed by atoms with Crippen LogP contribution in [0.3, 0.4) is 0 Å². The molecule has 2 aliphatic heterocycles. The Morgan fingerprint density at radius 3 is 2.65 bits per heavy atom. The lowest BCUT2D eigenvalue weighted by molar-refractivity contribution is -0.385. The number of anilines is 1. The highest BCUT2D eigenvalue weighted by atomic mass is 35.5. The van der Waals surface area contributed by atoms with Crippen LogP contribution >= 0.6 is 11.6 Å². The Morgan fingerprint density at radius 1 is 1.09 bits per heavy atom. The zero-order chi connectivity index (χ0) is 23.8. The maximum atomic E-state index is 13.6. The van der Waals surface area contributed by atoms with Gasteiger partial charge in [0.05, 0.1) is 12.0 Å². The number of hydrogen-bond acceptors (Lipinski definition) is 5. The van der Waals surface area contributed by atoms with Gasteiger partial charge in [-0.05, 0) is 59.7 Å². The van der Waals surface area contributed by atoms with E-state index in [0.29, 0.717) is 28.2 Å². The second-order valence-electron chi connectivity index (χ2n) is 8.55. The van der Waals surface area contributed by atoms with Gasteiger partial charge >= 0.3 is 0 Å². The van der Waals surface area contributed by atoms with E-state index in [4.69, 9.17) is 21.1 Å². The summed E-state index contributed by atoms with van der Waals surface area (Å²) in [6.45, 7) is 0.108. The first-order chi connectivity index (χ1) is 16.5. The monoisotopic (exact) mass is 478 g/mol. The number of benzene rings is 3. The Morgan fingerprint density at radius 2 is 1.88 bits per heavy atom. The number of amides is 1. The van der Waals surface area contributed by atoms with Crippen LogP contribution in [0.4, 0.5) is 11.4 Å². The Bertz CT molecular complexity index is 1290. The van der Waals surface area contributed by atoms with E-state index in [2.05, 4.69) is 6.07 Å². The minimum Gasteiger partial charge on any atom is -0.493 e. The number of fused-ring (bicyclic) bond motifs is 4. The van der Waals surface area contributed by atoms with Crippen LogP contribution in [0, 0.1) is 10.1 Å². The van der Waals surface area contributed by atoms with Crippen molar-refractivity contribution in [2.45, 2.75) is 37.8 Å². The molecule has 0 saturated heterocycles. The van der Waals surface area contributed by atoms with Gasteiger partial charge in [0.25, 0.3) is 11.6 Å². The van der Waals surface area contributed by atoms with Crippen molar-refractivity contribution >= 4 is 28.9 Å². The largest absolute Gasteiger partial charge is 0.493 e. The van der Waals surface area contributed by atoms with Gasteiger partial charge in [-0.25, -0.2) is 0 Å². The van der Waals surface area contributed by atoms with E-state index >= 15 is 0 Å². The van der Waals surface area contributed by atoms with Crippen molar-refractivity contribution in [3.05, 3.63) is 92.5 Å². The molecule has 0 spiro atoms. The fourth-order valence-corrected chi connectivity index (χ4v) is 5.02. The van der Waals surface area contributed by atoms with Gasteiger partial charge in [0.15, 0.2) is 11.5 Å². The average Bonchev–Trinajstić information content (AvgIpc) is 3.17. The molecule has 0 N–H and O–H groups in total. The van der Waals surface area contributed by atoms with E-state index in [0.717, 1.165) is 30.5 Å². The number of halogens is 1. The molecule has 0 unspecified atom stereocenters. The molecule has 1 amide bonds. The minimum atomic E-state index is -0.446. The molecular weight excluding hydrogens is 456 g/mol. The Balaban J connectivity index is 1.45. The van der Waals surface area contributed by atoms with Crippen molar-refractivity contribution in [1.29, 1.82) is 0 Å². The lowest BCUT2D eigenvalue weighted by Gasteiger charge is -2.23. The topological polar surface area (TPSA) is 81.9 Å². The standard InChI is InChI=1S/C26H23ClN2O5/c1-33-24-13-22-18(6-7-20-11-19-4-2-3-5-23(19)28(20)26(22)30)12-25(24)34-15-17-8-16(14-27)9-21(10-17)29(31)32/h2-5,8-10,12-13,20H,6-7,11,14-15H2,1H3/t20-/m1/s1. The summed E-state index contributed by atoms with van der Waals surface area (Å²) in [6.07, 6.45) is 2.44. The van der Waals surface area contributed by atoms with Crippen LogP contribution in [0.15, 0.2) is 54.6 Å². The highest BCUT2D eigenvalue weighted by Gasteiger charge is 2.37. The number of rotatable bonds is 6. The van der Waals surface area contributed by atoms with Gasteiger partial charge in [-0.2, -0.15) is 0 Å². The summed E-state index contributed by atoms with van der Waals surface area (Å²) in [5.41, 5.74) is 4.95. The van der Waals surface area contributed by atoms with Gasteiger partial charge in [-0.1, -0.05) is 24.3 Å². The van der Waals surface area contributed by atoms with Gasteiger partial charge in [0.2, 0.25) is 0 Å². The number of hydrogen-bond donors (Lipinski definition) is 0. The van der Waals surface area contributed by atoms with Gasteiger partial charge in [0, 0.05) is 35.3 Å². The first-order valence-electron chi connectivity index (χ1n) is 11.1. The smallest absolute Gasteiger partial charge is 0.270 e. The first kappa shape index (κ1) is 22.2. The third kappa shape index (κ3) is 3.96. The van der Waals surface area contributed by atoms with Crippen LogP contribution in [-0.4, -0.2) is 24.0 Å². The molecule has 0 fully saturated rings. The minimum absolute atomic E-state index is 0.0299. The third-order valence-electron chi connectivity index (χ3n) is 6.45.